The van der Waals surface area contributed by atoms with Crippen LogP contribution in [0.1, 0.15) is 35.9 Å². The number of aromatic amines is 1. The molecule has 2 heterocycles. The van der Waals surface area contributed by atoms with Gasteiger partial charge in [0.1, 0.15) is 12.4 Å². The summed E-state index contributed by atoms with van der Waals surface area (Å²) in [5.74, 6) is -0.505. The molecule has 0 aliphatic heterocycles. The summed E-state index contributed by atoms with van der Waals surface area (Å²) in [7, 11) is -2.01. The number of aromatic nitrogens is 4. The van der Waals surface area contributed by atoms with E-state index in [0.717, 1.165) is 19.1 Å². The van der Waals surface area contributed by atoms with Crippen LogP contribution in [0.4, 0.5) is 5.69 Å². The van der Waals surface area contributed by atoms with Crippen molar-refractivity contribution >= 4 is 32.8 Å². The highest BCUT2D eigenvalue weighted by Gasteiger charge is 2.19. The number of anilines is 1. The summed E-state index contributed by atoms with van der Waals surface area (Å²) >= 11 is 0. The Hall–Kier alpha value is -3.41. The highest BCUT2D eigenvalue weighted by molar-refractivity contribution is 7.92. The molecule has 0 fully saturated rings. The van der Waals surface area contributed by atoms with Crippen molar-refractivity contribution in [1.29, 1.82) is 0 Å². The minimum Gasteiger partial charge on any atom is -0.454 e. The second kappa shape index (κ2) is 8.76. The molecule has 0 spiro atoms. The number of para-hydroxylation sites is 1. The second-order valence-electron chi connectivity index (χ2n) is 7.02. The van der Waals surface area contributed by atoms with Gasteiger partial charge in [0.2, 0.25) is 10.0 Å². The number of carbonyl (C=O) groups excluding carboxylic acids is 1. The van der Waals surface area contributed by atoms with Crippen LogP contribution in [0.25, 0.3) is 11.2 Å². The number of sulfonamides is 1. The maximum absolute atomic E-state index is 12.6. The standard InChI is InChI=1S/C19H23N5O6S/c1-4-5-10-24-16-15(17(25)21-19(24)27)23(2)14(20-16)11-30-18(26)12-8-6-7-9-13(12)22-31(3,28)29/h6-9,22H,4-5,10-11H2,1-3H3,(H,21,25,27). The Labute approximate surface area is 177 Å². The van der Waals surface area contributed by atoms with Crippen LogP contribution >= 0.6 is 0 Å². The van der Waals surface area contributed by atoms with Crippen LogP contribution in [0.15, 0.2) is 33.9 Å². The molecule has 12 heteroatoms. The molecule has 0 saturated heterocycles. The molecular weight excluding hydrogens is 426 g/mol. The highest BCUT2D eigenvalue weighted by Crippen LogP contribution is 2.18. The van der Waals surface area contributed by atoms with E-state index in [4.69, 9.17) is 4.74 Å². The summed E-state index contributed by atoms with van der Waals surface area (Å²) in [6, 6.07) is 6.03. The van der Waals surface area contributed by atoms with E-state index in [2.05, 4.69) is 14.7 Å². The first-order chi connectivity index (χ1) is 14.6. The predicted octanol–water partition coefficient (Wildman–Crippen LogP) is 0.952. The molecule has 0 atom stereocenters. The van der Waals surface area contributed by atoms with Gasteiger partial charge in [0, 0.05) is 13.6 Å². The number of carbonyl (C=O) groups is 1. The van der Waals surface area contributed by atoms with Gasteiger partial charge in [0.05, 0.1) is 17.5 Å². The molecule has 11 nitrogen and oxygen atoms in total. The van der Waals surface area contributed by atoms with Gasteiger partial charge in [-0.3, -0.25) is 19.1 Å². The van der Waals surface area contributed by atoms with Crippen molar-refractivity contribution in [1.82, 2.24) is 19.1 Å². The maximum Gasteiger partial charge on any atom is 0.340 e. The van der Waals surface area contributed by atoms with E-state index >= 15 is 0 Å². The molecule has 0 radical (unpaired) electrons. The lowest BCUT2D eigenvalue weighted by atomic mass is 10.2. The third-order valence-electron chi connectivity index (χ3n) is 4.62. The fraction of sp³-hybridized carbons (Fsp3) is 0.368. The third-order valence-corrected chi connectivity index (χ3v) is 5.21. The predicted molar refractivity (Wildman–Crippen MR) is 115 cm³/mol. The molecule has 1 aromatic carbocycles. The number of H-pyrrole nitrogens is 1. The van der Waals surface area contributed by atoms with Gasteiger partial charge in [-0.2, -0.15) is 0 Å². The van der Waals surface area contributed by atoms with Crippen LogP contribution in [0.2, 0.25) is 0 Å². The van der Waals surface area contributed by atoms with E-state index in [1.165, 1.54) is 21.3 Å². The number of hydrogen-bond acceptors (Lipinski definition) is 7. The number of rotatable bonds is 8. The topological polar surface area (TPSA) is 145 Å². The van der Waals surface area contributed by atoms with Gasteiger partial charge in [-0.25, -0.2) is 23.0 Å². The molecule has 2 N–H and O–H groups in total. The molecule has 0 amide bonds. The molecule has 0 bridgehead atoms. The van der Waals surface area contributed by atoms with E-state index in [1.54, 1.807) is 19.2 Å². The molecule has 0 unspecified atom stereocenters. The number of esters is 1. The van der Waals surface area contributed by atoms with E-state index in [-0.39, 0.29) is 34.8 Å². The normalized spacial score (nSPS) is 11.6. The Kier molecular flexibility index (Phi) is 6.29. The maximum atomic E-state index is 12.6. The van der Waals surface area contributed by atoms with Crippen molar-refractivity contribution in [3.63, 3.8) is 0 Å². The van der Waals surface area contributed by atoms with Gasteiger partial charge in [0.25, 0.3) is 5.56 Å². The highest BCUT2D eigenvalue weighted by atomic mass is 32.2. The lowest BCUT2D eigenvalue weighted by molar-refractivity contribution is 0.0461. The largest absolute Gasteiger partial charge is 0.454 e. The first-order valence-electron chi connectivity index (χ1n) is 9.54. The van der Waals surface area contributed by atoms with Crippen molar-refractivity contribution < 1.29 is 17.9 Å². The first-order valence-corrected chi connectivity index (χ1v) is 11.4. The van der Waals surface area contributed by atoms with Gasteiger partial charge >= 0.3 is 11.7 Å². The van der Waals surface area contributed by atoms with E-state index in [0.29, 0.717) is 6.54 Å². The SMILES string of the molecule is CCCCn1c(=O)[nH]c(=O)c2c1nc(COC(=O)c1ccccc1NS(C)(=O)=O)n2C. The Balaban J connectivity index is 1.91. The van der Waals surface area contributed by atoms with Gasteiger partial charge in [-0.1, -0.05) is 25.5 Å². The summed E-state index contributed by atoms with van der Waals surface area (Å²) in [5, 5.41) is 0. The van der Waals surface area contributed by atoms with Crippen molar-refractivity contribution in [3.05, 3.63) is 56.5 Å². The number of aryl methyl sites for hydroxylation is 2. The lowest BCUT2D eigenvalue weighted by Crippen LogP contribution is -2.31. The molecule has 3 rings (SSSR count). The van der Waals surface area contributed by atoms with Gasteiger partial charge in [0.15, 0.2) is 11.2 Å². The number of benzene rings is 1. The molecule has 2 aromatic heterocycles. The van der Waals surface area contributed by atoms with E-state index < -0.39 is 27.2 Å². The Bertz CT molecular complexity index is 1350. The lowest BCUT2D eigenvalue weighted by Gasteiger charge is -2.10. The Morgan fingerprint density at radius 1 is 1.26 bits per heavy atom. The van der Waals surface area contributed by atoms with Crippen molar-refractivity contribution in [3.8, 4) is 0 Å². The fourth-order valence-corrected chi connectivity index (χ4v) is 3.68. The fourth-order valence-electron chi connectivity index (χ4n) is 3.10. The zero-order chi connectivity index (χ0) is 22.8. The minimum atomic E-state index is -3.59. The first kappa shape index (κ1) is 22.3. The molecular formula is C19H23N5O6S. The molecule has 0 aliphatic carbocycles. The summed E-state index contributed by atoms with van der Waals surface area (Å²) < 4.78 is 33.5. The molecule has 0 saturated carbocycles. The zero-order valence-electron chi connectivity index (χ0n) is 17.3. The minimum absolute atomic E-state index is 0.0318. The number of unbranched alkanes of at least 4 members (excludes halogenated alkanes) is 1. The monoisotopic (exact) mass is 449 g/mol. The van der Waals surface area contributed by atoms with Crippen molar-refractivity contribution in [2.24, 2.45) is 7.05 Å². The van der Waals surface area contributed by atoms with Crippen LogP contribution in [0.5, 0.6) is 0 Å². The molecule has 166 valence electrons. The molecule has 3 aromatic rings. The smallest absolute Gasteiger partial charge is 0.340 e. The number of hydrogen-bond donors (Lipinski definition) is 2. The Morgan fingerprint density at radius 3 is 2.65 bits per heavy atom. The average Bonchev–Trinajstić information content (AvgIpc) is 3.02. The van der Waals surface area contributed by atoms with Crippen LogP contribution < -0.4 is 16.0 Å². The molecule has 0 aliphatic rings. The van der Waals surface area contributed by atoms with Crippen LogP contribution in [-0.2, 0) is 35.0 Å². The Morgan fingerprint density at radius 2 is 1.97 bits per heavy atom. The van der Waals surface area contributed by atoms with Crippen LogP contribution in [0.3, 0.4) is 0 Å². The van der Waals surface area contributed by atoms with E-state index in [1.807, 2.05) is 6.92 Å². The number of ether oxygens (including phenoxy) is 1. The van der Waals surface area contributed by atoms with Crippen LogP contribution in [-0.4, -0.2) is 39.7 Å². The summed E-state index contributed by atoms with van der Waals surface area (Å²) in [6.45, 7) is 2.09. The van der Waals surface area contributed by atoms with Gasteiger partial charge in [-0.05, 0) is 18.6 Å². The van der Waals surface area contributed by atoms with Gasteiger partial charge < -0.3 is 9.30 Å². The van der Waals surface area contributed by atoms with E-state index in [9.17, 15) is 22.8 Å². The zero-order valence-corrected chi connectivity index (χ0v) is 18.2. The summed E-state index contributed by atoms with van der Waals surface area (Å²) in [5.41, 5.74) is -0.596. The van der Waals surface area contributed by atoms with Crippen LogP contribution in [0, 0.1) is 0 Å². The number of nitrogens with zero attached hydrogens (tertiary/aromatic N) is 3. The summed E-state index contributed by atoms with van der Waals surface area (Å²) in [4.78, 5) is 43.7. The van der Waals surface area contributed by atoms with Crippen molar-refractivity contribution in [2.45, 2.75) is 32.9 Å². The average molecular weight is 449 g/mol. The van der Waals surface area contributed by atoms with Gasteiger partial charge in [-0.15, -0.1) is 0 Å². The second-order valence-corrected chi connectivity index (χ2v) is 8.77. The summed E-state index contributed by atoms with van der Waals surface area (Å²) in [6.07, 6.45) is 2.56. The third kappa shape index (κ3) is 4.85. The number of imidazole rings is 1. The van der Waals surface area contributed by atoms with Crippen molar-refractivity contribution in [2.75, 3.05) is 11.0 Å². The quantitative estimate of drug-likeness (QED) is 0.487. The number of nitrogens with one attached hydrogen (secondary N) is 2. The number of fused-ring (bicyclic) bond motifs is 1. The molecule has 31 heavy (non-hydrogen) atoms.